The molecule has 3 aliphatic carbocycles. The van der Waals surface area contributed by atoms with E-state index >= 15 is 0 Å². The maximum absolute atomic E-state index is 11.4. The molecule has 5 nitrogen and oxygen atoms in total. The van der Waals surface area contributed by atoms with Crippen molar-refractivity contribution in [2.24, 2.45) is 11.8 Å². The van der Waals surface area contributed by atoms with Crippen molar-refractivity contribution in [2.45, 2.75) is 24.8 Å². The lowest BCUT2D eigenvalue weighted by Crippen LogP contribution is -2.56. The van der Waals surface area contributed by atoms with Crippen molar-refractivity contribution in [3.8, 4) is 0 Å². The van der Waals surface area contributed by atoms with Crippen molar-refractivity contribution >= 4 is 12.1 Å². The number of aliphatic carboxylic acids is 1. The second-order valence-electron chi connectivity index (χ2n) is 4.57. The molecular weight excluding hydrogens is 210 g/mol. The highest BCUT2D eigenvalue weighted by Gasteiger charge is 2.61. The van der Waals surface area contributed by atoms with Crippen molar-refractivity contribution in [1.29, 1.82) is 0 Å². The molecule has 5 heteroatoms. The van der Waals surface area contributed by atoms with Gasteiger partial charge in [0.15, 0.2) is 0 Å². The number of carbonyl (C=O) groups excluding carboxylic acids is 1. The third kappa shape index (κ3) is 1.66. The summed E-state index contributed by atoms with van der Waals surface area (Å²) in [6, 6.07) is 0. The molecule has 1 unspecified atom stereocenters. The van der Waals surface area contributed by atoms with E-state index < -0.39 is 23.5 Å². The number of amides is 1. The molecule has 0 aromatic heterocycles. The zero-order chi connectivity index (χ0) is 11.8. The number of fused-ring (bicyclic) bond motifs is 1. The van der Waals surface area contributed by atoms with E-state index in [1.807, 2.05) is 0 Å². The van der Waals surface area contributed by atoms with E-state index in [2.05, 4.69) is 11.9 Å². The van der Waals surface area contributed by atoms with Crippen LogP contribution in [0.2, 0.25) is 0 Å². The fourth-order valence-electron chi connectivity index (χ4n) is 2.88. The second-order valence-corrected chi connectivity index (χ2v) is 4.57. The third-order valence-electron chi connectivity index (χ3n) is 3.52. The molecule has 0 spiro atoms. The van der Waals surface area contributed by atoms with Crippen LogP contribution in [0.3, 0.4) is 0 Å². The Morgan fingerprint density at radius 1 is 1.56 bits per heavy atom. The number of ether oxygens (including phenoxy) is 1. The van der Waals surface area contributed by atoms with Crippen LogP contribution < -0.4 is 5.32 Å². The molecule has 0 aliphatic heterocycles. The summed E-state index contributed by atoms with van der Waals surface area (Å²) in [6.45, 7) is 3.58. The van der Waals surface area contributed by atoms with Crippen LogP contribution in [-0.4, -0.2) is 29.3 Å². The van der Waals surface area contributed by atoms with E-state index in [0.717, 1.165) is 12.8 Å². The van der Waals surface area contributed by atoms with Crippen LogP contribution in [0.5, 0.6) is 0 Å². The van der Waals surface area contributed by atoms with Gasteiger partial charge >= 0.3 is 12.1 Å². The SMILES string of the molecule is C=CCOC(=O)NC12CC(CC1C(=O)O)C2. The Labute approximate surface area is 93.5 Å². The Morgan fingerprint density at radius 3 is 2.81 bits per heavy atom. The summed E-state index contributed by atoms with van der Waals surface area (Å²) >= 11 is 0. The van der Waals surface area contributed by atoms with E-state index in [1.165, 1.54) is 6.08 Å². The zero-order valence-electron chi connectivity index (χ0n) is 8.94. The van der Waals surface area contributed by atoms with Gasteiger partial charge in [-0.05, 0) is 25.2 Å². The monoisotopic (exact) mass is 225 g/mol. The van der Waals surface area contributed by atoms with Gasteiger partial charge in [0, 0.05) is 0 Å². The van der Waals surface area contributed by atoms with Gasteiger partial charge in [-0.3, -0.25) is 4.79 Å². The molecule has 3 rings (SSSR count). The topological polar surface area (TPSA) is 75.6 Å². The lowest BCUT2D eigenvalue weighted by Gasteiger charge is -2.40. The second kappa shape index (κ2) is 3.81. The molecule has 16 heavy (non-hydrogen) atoms. The zero-order valence-corrected chi connectivity index (χ0v) is 8.94. The minimum atomic E-state index is -0.830. The van der Waals surface area contributed by atoms with E-state index in [9.17, 15) is 9.59 Å². The van der Waals surface area contributed by atoms with Crippen LogP contribution in [0, 0.1) is 11.8 Å². The van der Waals surface area contributed by atoms with Crippen molar-refractivity contribution in [2.75, 3.05) is 6.61 Å². The molecule has 3 aliphatic rings. The van der Waals surface area contributed by atoms with Crippen LogP contribution in [-0.2, 0) is 9.53 Å². The summed E-state index contributed by atoms with van der Waals surface area (Å²) in [5.41, 5.74) is -0.561. The third-order valence-corrected chi connectivity index (χ3v) is 3.52. The summed E-state index contributed by atoms with van der Waals surface area (Å²) in [5, 5.41) is 11.8. The molecule has 3 saturated carbocycles. The number of hydrogen-bond acceptors (Lipinski definition) is 3. The summed E-state index contributed by atoms with van der Waals surface area (Å²) in [4.78, 5) is 22.4. The van der Waals surface area contributed by atoms with Gasteiger partial charge < -0.3 is 15.2 Å². The molecule has 1 atom stereocenters. The molecule has 0 aromatic carbocycles. The molecule has 0 heterocycles. The normalized spacial score (nSPS) is 35.0. The fraction of sp³-hybridized carbons (Fsp3) is 0.636. The lowest BCUT2D eigenvalue weighted by molar-refractivity contribution is -0.143. The lowest BCUT2D eigenvalue weighted by atomic mass is 9.74. The van der Waals surface area contributed by atoms with Crippen LogP contribution in [0.25, 0.3) is 0 Å². The molecule has 2 N–H and O–H groups in total. The molecule has 88 valence electrons. The summed E-state index contributed by atoms with van der Waals surface area (Å²) < 4.78 is 4.81. The van der Waals surface area contributed by atoms with Crippen LogP contribution in [0.1, 0.15) is 19.3 Å². The number of carboxylic acids is 1. The Bertz CT molecular complexity index is 333. The number of carboxylic acid groups (broad SMARTS) is 1. The van der Waals surface area contributed by atoms with Crippen LogP contribution >= 0.6 is 0 Å². The molecular formula is C11H15NO4. The molecule has 0 radical (unpaired) electrons. The number of hydrogen-bond donors (Lipinski definition) is 2. The summed E-state index contributed by atoms with van der Waals surface area (Å²) in [6.07, 6.45) is 3.10. The Hall–Kier alpha value is -1.52. The maximum atomic E-state index is 11.4. The Kier molecular flexibility index (Phi) is 2.61. The largest absolute Gasteiger partial charge is 0.481 e. The standard InChI is InChI=1S/C11H15NO4/c1-2-3-16-10(15)12-11-5-7(6-11)4-8(11)9(13)14/h2,7-8H,1,3-6H2,(H,12,15)(H,13,14). The smallest absolute Gasteiger partial charge is 0.407 e. The van der Waals surface area contributed by atoms with Crippen LogP contribution in [0.15, 0.2) is 12.7 Å². The van der Waals surface area contributed by atoms with E-state index in [4.69, 9.17) is 9.84 Å². The van der Waals surface area contributed by atoms with Gasteiger partial charge in [0.25, 0.3) is 0 Å². The number of nitrogens with one attached hydrogen (secondary N) is 1. The minimum absolute atomic E-state index is 0.142. The van der Waals surface area contributed by atoms with Gasteiger partial charge in [-0.1, -0.05) is 12.7 Å². The fourth-order valence-corrected chi connectivity index (χ4v) is 2.88. The van der Waals surface area contributed by atoms with Gasteiger partial charge in [-0.2, -0.15) is 0 Å². The number of rotatable bonds is 4. The van der Waals surface area contributed by atoms with Crippen molar-refractivity contribution < 1.29 is 19.4 Å². The highest BCUT2D eigenvalue weighted by molar-refractivity contribution is 5.76. The van der Waals surface area contributed by atoms with Crippen molar-refractivity contribution in [3.05, 3.63) is 12.7 Å². The summed E-state index contributed by atoms with van der Waals surface area (Å²) in [5.74, 6) is -0.849. The minimum Gasteiger partial charge on any atom is -0.481 e. The van der Waals surface area contributed by atoms with Crippen LogP contribution in [0.4, 0.5) is 4.79 Å². The predicted molar refractivity (Wildman–Crippen MR) is 55.9 cm³/mol. The molecule has 0 aromatic rings. The first-order valence-electron chi connectivity index (χ1n) is 5.36. The maximum Gasteiger partial charge on any atom is 0.407 e. The van der Waals surface area contributed by atoms with E-state index in [1.54, 1.807) is 0 Å². The first kappa shape index (κ1) is 11.0. The Balaban J connectivity index is 1.95. The van der Waals surface area contributed by atoms with Crippen molar-refractivity contribution in [3.63, 3.8) is 0 Å². The van der Waals surface area contributed by atoms with E-state index in [0.29, 0.717) is 12.3 Å². The first-order chi connectivity index (χ1) is 7.57. The van der Waals surface area contributed by atoms with Gasteiger partial charge in [0.2, 0.25) is 0 Å². The average Bonchev–Trinajstić information content (AvgIpc) is 2.68. The molecule has 0 saturated heterocycles. The van der Waals surface area contributed by atoms with Gasteiger partial charge in [-0.25, -0.2) is 4.79 Å². The number of alkyl carbamates (subject to hydrolysis) is 1. The molecule has 1 amide bonds. The van der Waals surface area contributed by atoms with E-state index in [-0.39, 0.29) is 6.61 Å². The van der Waals surface area contributed by atoms with Gasteiger partial charge in [0.1, 0.15) is 6.61 Å². The molecule has 2 bridgehead atoms. The number of carbonyl (C=O) groups is 2. The highest BCUT2D eigenvalue weighted by atomic mass is 16.5. The quantitative estimate of drug-likeness (QED) is 0.704. The molecule has 3 fully saturated rings. The van der Waals surface area contributed by atoms with Gasteiger partial charge in [-0.15, -0.1) is 0 Å². The predicted octanol–water partition coefficient (Wildman–Crippen LogP) is 1.15. The van der Waals surface area contributed by atoms with Crippen molar-refractivity contribution in [1.82, 2.24) is 5.32 Å². The first-order valence-corrected chi connectivity index (χ1v) is 5.36. The van der Waals surface area contributed by atoms with Gasteiger partial charge in [0.05, 0.1) is 11.5 Å². The Morgan fingerprint density at radius 2 is 2.25 bits per heavy atom. The highest BCUT2D eigenvalue weighted by Crippen LogP contribution is 2.55. The summed E-state index contributed by atoms with van der Waals surface area (Å²) in [7, 11) is 0. The average molecular weight is 225 g/mol.